The molecule has 0 atom stereocenters. The summed E-state index contributed by atoms with van der Waals surface area (Å²) in [5.74, 6) is 0.891. The van der Waals surface area contributed by atoms with E-state index in [1.165, 1.54) is 5.56 Å². The summed E-state index contributed by atoms with van der Waals surface area (Å²) in [7, 11) is 1.72. The lowest BCUT2D eigenvalue weighted by molar-refractivity contribution is 0.413. The molecule has 1 heteroatoms. The normalized spacial score (nSPS) is 10.4. The Labute approximate surface area is 125 Å². The second kappa shape index (κ2) is 5.84. The Balaban J connectivity index is 2.31. The zero-order valence-corrected chi connectivity index (χ0v) is 12.3. The van der Waals surface area contributed by atoms with Gasteiger partial charge in [-0.05, 0) is 41.3 Å². The molecule has 0 saturated heterocycles. The molecule has 0 aliphatic rings. The summed E-state index contributed by atoms with van der Waals surface area (Å²) in [4.78, 5) is 0. The van der Waals surface area contributed by atoms with Gasteiger partial charge in [0, 0.05) is 5.56 Å². The summed E-state index contributed by atoms with van der Waals surface area (Å²) in [5.41, 5.74) is 5.62. The highest BCUT2D eigenvalue weighted by Crippen LogP contribution is 2.40. The zero-order valence-electron chi connectivity index (χ0n) is 12.3. The predicted octanol–water partition coefficient (Wildman–Crippen LogP) is 5.14. The van der Waals surface area contributed by atoms with Crippen molar-refractivity contribution < 1.29 is 4.74 Å². The van der Waals surface area contributed by atoms with E-state index in [0.29, 0.717) is 0 Å². The molecule has 3 aromatic rings. The second-order valence-corrected chi connectivity index (χ2v) is 4.97. The van der Waals surface area contributed by atoms with Crippen LogP contribution in [0.15, 0.2) is 66.7 Å². The first kappa shape index (κ1) is 13.4. The topological polar surface area (TPSA) is 9.23 Å². The van der Waals surface area contributed by atoms with E-state index in [2.05, 4.69) is 60.7 Å². The number of aryl methyl sites for hydroxylation is 1. The molecular formula is C20H17O. The minimum absolute atomic E-state index is 0.891. The maximum Gasteiger partial charge on any atom is 0.130 e. The van der Waals surface area contributed by atoms with Crippen LogP contribution >= 0.6 is 0 Å². The van der Waals surface area contributed by atoms with Crippen LogP contribution in [0.5, 0.6) is 5.75 Å². The van der Waals surface area contributed by atoms with E-state index in [1.807, 2.05) is 19.1 Å². The fraction of sp³-hybridized carbons (Fsp3) is 0.100. The maximum absolute atomic E-state index is 5.66. The molecule has 0 amide bonds. The molecule has 0 heterocycles. The second-order valence-electron chi connectivity index (χ2n) is 4.97. The largest absolute Gasteiger partial charge is 0.496 e. The van der Waals surface area contributed by atoms with Crippen molar-refractivity contribution in [3.63, 3.8) is 0 Å². The summed E-state index contributed by atoms with van der Waals surface area (Å²) in [6.45, 7) is 2.03. The Kier molecular flexibility index (Phi) is 3.74. The Morgan fingerprint density at radius 3 is 1.95 bits per heavy atom. The molecule has 3 aromatic carbocycles. The third-order valence-electron chi connectivity index (χ3n) is 3.62. The van der Waals surface area contributed by atoms with E-state index >= 15 is 0 Å². The number of rotatable bonds is 3. The first-order valence-corrected chi connectivity index (χ1v) is 7.01. The van der Waals surface area contributed by atoms with Gasteiger partial charge in [-0.2, -0.15) is 0 Å². The summed E-state index contributed by atoms with van der Waals surface area (Å²) in [6.07, 6.45) is 0. The molecule has 0 aromatic heterocycles. The standard InChI is InChI=1S/C20H17O/c1-15-13-14-18(16-9-5-3-6-10-16)19(20(15)21-2)17-11-7-4-8-12-17/h3-12,14H,1-2H3. The SMILES string of the molecule is COc1c(C)[c]cc(-c2ccccc2)c1-c1ccccc1. The van der Waals surface area contributed by atoms with Crippen molar-refractivity contribution in [2.75, 3.05) is 7.11 Å². The number of methoxy groups -OCH3 is 1. The Hall–Kier alpha value is -2.54. The number of hydrogen-bond donors (Lipinski definition) is 0. The molecule has 0 N–H and O–H groups in total. The molecule has 21 heavy (non-hydrogen) atoms. The van der Waals surface area contributed by atoms with Crippen LogP contribution < -0.4 is 4.74 Å². The van der Waals surface area contributed by atoms with Gasteiger partial charge in [-0.3, -0.25) is 0 Å². The van der Waals surface area contributed by atoms with E-state index in [0.717, 1.165) is 28.0 Å². The van der Waals surface area contributed by atoms with Crippen LogP contribution in [0.3, 0.4) is 0 Å². The molecule has 0 spiro atoms. The highest BCUT2D eigenvalue weighted by atomic mass is 16.5. The zero-order chi connectivity index (χ0) is 14.7. The van der Waals surface area contributed by atoms with Gasteiger partial charge in [0.1, 0.15) is 5.75 Å². The Morgan fingerprint density at radius 1 is 0.810 bits per heavy atom. The van der Waals surface area contributed by atoms with Crippen LogP contribution in [-0.4, -0.2) is 7.11 Å². The van der Waals surface area contributed by atoms with Gasteiger partial charge in [-0.15, -0.1) is 0 Å². The van der Waals surface area contributed by atoms with Gasteiger partial charge >= 0.3 is 0 Å². The molecule has 103 valence electrons. The number of hydrogen-bond acceptors (Lipinski definition) is 1. The van der Waals surface area contributed by atoms with E-state index < -0.39 is 0 Å². The number of benzene rings is 3. The van der Waals surface area contributed by atoms with E-state index in [9.17, 15) is 0 Å². The van der Waals surface area contributed by atoms with Gasteiger partial charge in [0.25, 0.3) is 0 Å². The van der Waals surface area contributed by atoms with E-state index in [4.69, 9.17) is 4.74 Å². The molecule has 1 radical (unpaired) electrons. The van der Waals surface area contributed by atoms with Crippen molar-refractivity contribution >= 4 is 0 Å². The minimum atomic E-state index is 0.891. The Bertz CT molecular complexity index is 731. The minimum Gasteiger partial charge on any atom is -0.496 e. The van der Waals surface area contributed by atoms with Crippen LogP contribution in [-0.2, 0) is 0 Å². The van der Waals surface area contributed by atoms with Gasteiger partial charge in [-0.1, -0.05) is 60.7 Å². The molecule has 0 aliphatic heterocycles. The van der Waals surface area contributed by atoms with Crippen LogP contribution in [0.2, 0.25) is 0 Å². The summed E-state index contributed by atoms with van der Waals surface area (Å²) >= 11 is 0. The third-order valence-corrected chi connectivity index (χ3v) is 3.62. The highest BCUT2D eigenvalue weighted by Gasteiger charge is 2.15. The van der Waals surface area contributed by atoms with E-state index in [1.54, 1.807) is 7.11 Å². The van der Waals surface area contributed by atoms with Gasteiger partial charge < -0.3 is 4.74 Å². The molecule has 0 fully saturated rings. The fourth-order valence-electron chi connectivity index (χ4n) is 2.62. The smallest absolute Gasteiger partial charge is 0.130 e. The summed E-state index contributed by atoms with van der Waals surface area (Å²) in [5, 5.41) is 0. The van der Waals surface area contributed by atoms with Crippen LogP contribution in [0.4, 0.5) is 0 Å². The molecular weight excluding hydrogens is 256 g/mol. The summed E-state index contributed by atoms with van der Waals surface area (Å²) < 4.78 is 5.66. The van der Waals surface area contributed by atoms with Crippen molar-refractivity contribution in [1.82, 2.24) is 0 Å². The van der Waals surface area contributed by atoms with E-state index in [-0.39, 0.29) is 0 Å². The predicted molar refractivity (Wildman–Crippen MR) is 87.4 cm³/mol. The molecule has 0 unspecified atom stereocenters. The van der Waals surface area contributed by atoms with Crippen molar-refractivity contribution in [2.24, 2.45) is 0 Å². The third kappa shape index (κ3) is 2.55. The van der Waals surface area contributed by atoms with Crippen LogP contribution in [0, 0.1) is 13.0 Å². The lowest BCUT2D eigenvalue weighted by Crippen LogP contribution is -1.94. The average Bonchev–Trinajstić information content (AvgIpc) is 2.56. The molecule has 1 nitrogen and oxygen atoms in total. The van der Waals surface area contributed by atoms with Crippen molar-refractivity contribution in [2.45, 2.75) is 6.92 Å². The first-order chi connectivity index (χ1) is 10.3. The van der Waals surface area contributed by atoms with Gasteiger partial charge in [0.05, 0.1) is 7.11 Å². The van der Waals surface area contributed by atoms with Crippen LogP contribution in [0.25, 0.3) is 22.3 Å². The summed E-state index contributed by atoms with van der Waals surface area (Å²) in [6, 6.07) is 26.1. The van der Waals surface area contributed by atoms with Gasteiger partial charge in [0.15, 0.2) is 0 Å². The monoisotopic (exact) mass is 273 g/mol. The lowest BCUT2D eigenvalue weighted by Gasteiger charge is -2.16. The molecule has 3 rings (SSSR count). The van der Waals surface area contributed by atoms with Crippen molar-refractivity contribution in [3.8, 4) is 28.0 Å². The van der Waals surface area contributed by atoms with Crippen LogP contribution in [0.1, 0.15) is 5.56 Å². The Morgan fingerprint density at radius 2 is 1.38 bits per heavy atom. The molecule has 0 bridgehead atoms. The van der Waals surface area contributed by atoms with Crippen molar-refractivity contribution in [1.29, 1.82) is 0 Å². The maximum atomic E-state index is 5.66. The molecule has 0 aliphatic carbocycles. The van der Waals surface area contributed by atoms with Gasteiger partial charge in [-0.25, -0.2) is 0 Å². The fourth-order valence-corrected chi connectivity index (χ4v) is 2.62. The lowest BCUT2D eigenvalue weighted by atomic mass is 9.92. The average molecular weight is 273 g/mol. The van der Waals surface area contributed by atoms with Crippen molar-refractivity contribution in [3.05, 3.63) is 78.4 Å². The highest BCUT2D eigenvalue weighted by molar-refractivity contribution is 5.88. The number of ether oxygens (including phenoxy) is 1. The quantitative estimate of drug-likeness (QED) is 0.642. The first-order valence-electron chi connectivity index (χ1n) is 7.01. The molecule has 0 saturated carbocycles. The van der Waals surface area contributed by atoms with Gasteiger partial charge in [0.2, 0.25) is 0 Å².